The Balaban J connectivity index is 2.37. The van der Waals surface area contributed by atoms with Crippen molar-refractivity contribution in [3.05, 3.63) is 52.8 Å². The van der Waals surface area contributed by atoms with Crippen LogP contribution >= 0.6 is 0 Å². The molecule has 0 spiro atoms. The first kappa shape index (κ1) is 14.3. The molecule has 0 aliphatic rings. The molecule has 0 saturated heterocycles. The van der Waals surface area contributed by atoms with Gasteiger partial charge in [0, 0.05) is 11.6 Å². The van der Waals surface area contributed by atoms with Gasteiger partial charge >= 0.3 is 5.97 Å². The maximum absolute atomic E-state index is 11.3. The zero-order valence-electron chi connectivity index (χ0n) is 12.3. The molecule has 1 N–H and O–H groups in total. The lowest BCUT2D eigenvalue weighted by molar-refractivity contribution is 0.0694. The summed E-state index contributed by atoms with van der Waals surface area (Å²) in [4.78, 5) is 11.3. The van der Waals surface area contributed by atoms with Crippen LogP contribution in [0.25, 0.3) is 0 Å². The minimum Gasteiger partial charge on any atom is -0.478 e. The van der Waals surface area contributed by atoms with Crippen LogP contribution < -0.4 is 0 Å². The molecule has 0 bridgehead atoms. The van der Waals surface area contributed by atoms with Crippen molar-refractivity contribution in [1.29, 1.82) is 0 Å². The lowest BCUT2D eigenvalue weighted by Gasteiger charge is -2.16. The zero-order chi connectivity index (χ0) is 14.9. The van der Waals surface area contributed by atoms with Gasteiger partial charge in [0.15, 0.2) is 0 Å². The highest BCUT2D eigenvalue weighted by Gasteiger charge is 2.25. The van der Waals surface area contributed by atoms with Gasteiger partial charge < -0.3 is 5.11 Å². The van der Waals surface area contributed by atoms with Gasteiger partial charge in [-0.15, -0.1) is 0 Å². The minimum atomic E-state index is -0.926. The largest absolute Gasteiger partial charge is 0.478 e. The molecule has 0 unspecified atom stereocenters. The van der Waals surface area contributed by atoms with Gasteiger partial charge in [0.1, 0.15) is 5.56 Å². The van der Waals surface area contributed by atoms with Gasteiger partial charge in [0.25, 0.3) is 0 Å². The van der Waals surface area contributed by atoms with Gasteiger partial charge in [0.05, 0.1) is 12.2 Å². The van der Waals surface area contributed by atoms with E-state index in [1.165, 1.54) is 5.56 Å². The molecule has 106 valence electrons. The van der Waals surface area contributed by atoms with Gasteiger partial charge in [-0.2, -0.15) is 5.10 Å². The molecule has 4 nitrogen and oxygen atoms in total. The molecule has 0 aliphatic carbocycles. The first-order valence-electron chi connectivity index (χ1n) is 6.64. The van der Waals surface area contributed by atoms with Crippen LogP contribution in [0.5, 0.6) is 0 Å². The Morgan fingerprint density at radius 1 is 1.35 bits per heavy atom. The van der Waals surface area contributed by atoms with E-state index in [4.69, 9.17) is 0 Å². The highest BCUT2D eigenvalue weighted by Crippen LogP contribution is 2.24. The predicted molar refractivity (Wildman–Crippen MR) is 78.2 cm³/mol. The number of aromatic nitrogens is 2. The molecule has 0 radical (unpaired) electrons. The Hall–Kier alpha value is -2.10. The number of hydrogen-bond donors (Lipinski definition) is 1. The molecule has 0 fully saturated rings. The third kappa shape index (κ3) is 3.07. The lowest BCUT2D eigenvalue weighted by Crippen LogP contribution is -2.16. The summed E-state index contributed by atoms with van der Waals surface area (Å²) >= 11 is 0. The Bertz CT molecular complexity index is 636. The van der Waals surface area contributed by atoms with Gasteiger partial charge in [-0.25, -0.2) is 4.79 Å². The van der Waals surface area contributed by atoms with Crippen LogP contribution in [0.2, 0.25) is 0 Å². The van der Waals surface area contributed by atoms with Crippen molar-refractivity contribution >= 4 is 5.97 Å². The summed E-state index contributed by atoms with van der Waals surface area (Å²) in [7, 11) is 0. The van der Waals surface area contributed by atoms with Crippen LogP contribution in [-0.4, -0.2) is 20.9 Å². The summed E-state index contributed by atoms with van der Waals surface area (Å²) in [5, 5.41) is 13.8. The van der Waals surface area contributed by atoms with E-state index in [2.05, 4.69) is 11.2 Å². The fraction of sp³-hybridized carbons (Fsp3) is 0.375. The van der Waals surface area contributed by atoms with E-state index < -0.39 is 5.97 Å². The van der Waals surface area contributed by atoms with Crippen molar-refractivity contribution < 1.29 is 9.90 Å². The average molecular weight is 272 g/mol. The molecular formula is C16H20N2O2. The number of hydrogen-bond acceptors (Lipinski definition) is 2. The SMILES string of the molecule is Cc1cccc(Cn2cc(C(=O)O)c(C(C)(C)C)n2)c1. The molecule has 0 atom stereocenters. The first-order valence-corrected chi connectivity index (χ1v) is 6.64. The van der Waals surface area contributed by atoms with Gasteiger partial charge in [-0.3, -0.25) is 4.68 Å². The summed E-state index contributed by atoms with van der Waals surface area (Å²) in [6.07, 6.45) is 1.62. The Morgan fingerprint density at radius 3 is 2.55 bits per heavy atom. The van der Waals surface area contributed by atoms with Crippen molar-refractivity contribution in [3.8, 4) is 0 Å². The van der Waals surface area contributed by atoms with Crippen molar-refractivity contribution in [2.45, 2.75) is 39.7 Å². The highest BCUT2D eigenvalue weighted by atomic mass is 16.4. The fourth-order valence-corrected chi connectivity index (χ4v) is 2.21. The number of nitrogens with zero attached hydrogens (tertiary/aromatic N) is 2. The van der Waals surface area contributed by atoms with Crippen molar-refractivity contribution in [2.75, 3.05) is 0 Å². The summed E-state index contributed by atoms with van der Waals surface area (Å²) in [5.41, 5.74) is 2.92. The normalized spacial score (nSPS) is 11.6. The van der Waals surface area contributed by atoms with Gasteiger partial charge in [-0.05, 0) is 12.5 Å². The molecule has 2 rings (SSSR count). The Labute approximate surface area is 119 Å². The van der Waals surface area contributed by atoms with Crippen LogP contribution in [0.4, 0.5) is 0 Å². The number of benzene rings is 1. The summed E-state index contributed by atoms with van der Waals surface area (Å²) < 4.78 is 1.71. The number of aromatic carboxylic acids is 1. The third-order valence-electron chi connectivity index (χ3n) is 3.13. The van der Waals surface area contributed by atoms with Crippen LogP contribution in [0, 0.1) is 6.92 Å². The maximum Gasteiger partial charge on any atom is 0.339 e. The van der Waals surface area contributed by atoms with Gasteiger partial charge in [0.2, 0.25) is 0 Å². The molecule has 4 heteroatoms. The number of carbonyl (C=O) groups is 1. The molecule has 1 heterocycles. The second-order valence-electron chi connectivity index (χ2n) is 6.13. The number of carboxylic acids is 1. The van der Waals surface area contributed by atoms with Crippen molar-refractivity contribution in [1.82, 2.24) is 9.78 Å². The van der Waals surface area contributed by atoms with E-state index in [9.17, 15) is 9.90 Å². The molecule has 2 aromatic rings. The summed E-state index contributed by atoms with van der Waals surface area (Å²) in [5.74, 6) is -0.926. The van der Waals surface area contributed by atoms with Crippen LogP contribution in [0.3, 0.4) is 0 Å². The molecule has 20 heavy (non-hydrogen) atoms. The van der Waals surface area contributed by atoms with E-state index in [-0.39, 0.29) is 11.0 Å². The molecule has 0 aliphatic heterocycles. The van der Waals surface area contributed by atoms with E-state index in [0.717, 1.165) is 5.56 Å². The van der Waals surface area contributed by atoms with Crippen molar-refractivity contribution in [2.24, 2.45) is 0 Å². The van der Waals surface area contributed by atoms with E-state index in [0.29, 0.717) is 12.2 Å². The number of carboxylic acid groups (broad SMARTS) is 1. The maximum atomic E-state index is 11.3. The second-order valence-corrected chi connectivity index (χ2v) is 6.13. The average Bonchev–Trinajstić information content (AvgIpc) is 2.73. The highest BCUT2D eigenvalue weighted by molar-refractivity contribution is 5.89. The molecule has 0 amide bonds. The van der Waals surface area contributed by atoms with Crippen LogP contribution in [-0.2, 0) is 12.0 Å². The Kier molecular flexibility index (Phi) is 3.66. The number of rotatable bonds is 3. The molecular weight excluding hydrogens is 252 g/mol. The van der Waals surface area contributed by atoms with E-state index >= 15 is 0 Å². The number of aryl methyl sites for hydroxylation is 1. The van der Waals surface area contributed by atoms with E-state index in [1.807, 2.05) is 45.9 Å². The van der Waals surface area contributed by atoms with E-state index in [1.54, 1.807) is 10.9 Å². The third-order valence-corrected chi connectivity index (χ3v) is 3.13. The molecule has 1 aromatic carbocycles. The van der Waals surface area contributed by atoms with Crippen LogP contribution in [0.1, 0.15) is 48.0 Å². The molecule has 0 saturated carbocycles. The quantitative estimate of drug-likeness (QED) is 0.933. The molecule has 1 aromatic heterocycles. The van der Waals surface area contributed by atoms with Crippen molar-refractivity contribution in [3.63, 3.8) is 0 Å². The fourth-order valence-electron chi connectivity index (χ4n) is 2.21. The lowest BCUT2D eigenvalue weighted by atomic mass is 9.90. The smallest absolute Gasteiger partial charge is 0.339 e. The minimum absolute atomic E-state index is 0.283. The second kappa shape index (κ2) is 5.12. The first-order chi connectivity index (χ1) is 9.27. The summed E-state index contributed by atoms with van der Waals surface area (Å²) in [6, 6.07) is 8.14. The standard InChI is InChI=1S/C16H20N2O2/c1-11-6-5-7-12(8-11)9-18-10-13(15(19)20)14(17-18)16(2,3)4/h5-8,10H,9H2,1-4H3,(H,19,20). The van der Waals surface area contributed by atoms with Gasteiger partial charge in [-0.1, -0.05) is 50.6 Å². The predicted octanol–water partition coefficient (Wildman–Crippen LogP) is 3.24. The zero-order valence-corrected chi connectivity index (χ0v) is 12.3. The Morgan fingerprint density at radius 2 is 2.05 bits per heavy atom. The van der Waals surface area contributed by atoms with Crippen LogP contribution in [0.15, 0.2) is 30.5 Å². The summed E-state index contributed by atoms with van der Waals surface area (Å²) in [6.45, 7) is 8.53. The monoisotopic (exact) mass is 272 g/mol. The topological polar surface area (TPSA) is 55.1 Å².